The lowest BCUT2D eigenvalue weighted by molar-refractivity contribution is -0.175. The molecule has 0 spiro atoms. The lowest BCUT2D eigenvalue weighted by Gasteiger charge is -2.35. The Morgan fingerprint density at radius 1 is 0.759 bits per heavy atom. The van der Waals surface area contributed by atoms with E-state index in [0.717, 1.165) is 28.3 Å². The van der Waals surface area contributed by atoms with Crippen LogP contribution < -0.4 is 38.3 Å². The first-order chi connectivity index (χ1) is 54.3. The standard InChI is InChI=1S/C75H102N12O24S/c1-3-54-55-36-53(88)15-16-60(55)82-67-56(54)42-86-62(67)37-58-57(70(86)94)44-109-73(98)75(58,4-2)111-74(99)110-43-49-9-13-51(14-10-49)80-69(93)61(6-5-17-76)81-65(90)46-108-45-64(89)78-18-20-100-22-24-102-26-28-104-30-32-106-34-35-107-33-31-105-29-27-103-25-23-101-21-19-85-41-52(83-84-85)39-79-68(92)50-11-7-48(8-12-50)40-87-66(91)38-63(71(87)95)112-47-59(77)72(96)97/h9-10,13-16,36-37,41,48,50,59,61,63,88H,3-8,11-12,17-35,38-40,42-47,76-77H2,1-2H3,(H,78,89)(H,79,92)(H,80,93)(H,81,90)(H,96,97)/t48?,50?,59-,61-,63?,75-/m0/s1. The molecule has 0 radical (unpaired) electrons. The molecule has 112 heavy (non-hydrogen) atoms. The third-order valence-electron chi connectivity index (χ3n) is 19.1. The summed E-state index contributed by atoms with van der Waals surface area (Å²) >= 11 is 1.10. The fourth-order valence-corrected chi connectivity index (χ4v) is 14.2. The molecule has 4 aliphatic rings. The number of rotatable bonds is 51. The minimum Gasteiger partial charge on any atom is -0.508 e. The van der Waals surface area contributed by atoms with Gasteiger partial charge in [-0.1, -0.05) is 31.2 Å². The Balaban J connectivity index is 0.514. The highest BCUT2D eigenvalue weighted by atomic mass is 32.2. The van der Waals surface area contributed by atoms with Gasteiger partial charge in [0, 0.05) is 53.4 Å². The molecule has 9 rings (SSSR count). The summed E-state index contributed by atoms with van der Waals surface area (Å²) in [5, 5.41) is 38.6. The van der Waals surface area contributed by atoms with E-state index in [9.17, 15) is 53.1 Å². The Kier molecular flexibility index (Phi) is 34.9. The Labute approximate surface area is 650 Å². The Bertz CT molecular complexity index is 4050. The average Bonchev–Trinajstić information content (AvgIpc) is 1.50. The number of thioether (sulfide) groups is 1. The quantitative estimate of drug-likeness (QED) is 0.0154. The highest BCUT2D eigenvalue weighted by Crippen LogP contribution is 2.43. The van der Waals surface area contributed by atoms with E-state index in [1.165, 1.54) is 11.0 Å². The van der Waals surface area contributed by atoms with Crippen LogP contribution in [0.15, 0.2) is 59.5 Å². The molecular formula is C75H102N12O24S. The number of ether oxygens (including phenoxy) is 12. The van der Waals surface area contributed by atoms with Crippen molar-refractivity contribution in [3.05, 3.63) is 98.6 Å². The van der Waals surface area contributed by atoms with E-state index >= 15 is 0 Å². The number of fused-ring (bicyclic) bond motifs is 5. The number of hydrogen-bond donors (Lipinski definition) is 8. The molecule has 0 bridgehead atoms. The number of phenols is 1. The second kappa shape index (κ2) is 44.9. The second-order valence-corrected chi connectivity index (χ2v) is 28.1. The van der Waals surface area contributed by atoms with Crippen LogP contribution in [-0.2, 0) is 140 Å². The molecule has 3 aliphatic heterocycles. The second-order valence-electron chi connectivity index (χ2n) is 26.9. The number of nitrogens with zero attached hydrogens (tertiary/aromatic N) is 6. The number of aliphatic carboxylic acids is 1. The van der Waals surface area contributed by atoms with Crippen LogP contribution in [0.5, 0.6) is 5.75 Å². The molecular weight excluding hydrogens is 1480 g/mol. The van der Waals surface area contributed by atoms with Gasteiger partial charge in [0.25, 0.3) is 5.56 Å². The molecule has 1 aliphatic carbocycles. The van der Waals surface area contributed by atoms with Crippen LogP contribution >= 0.6 is 11.8 Å². The summed E-state index contributed by atoms with van der Waals surface area (Å²) in [6.45, 7) is 9.62. The average molecular weight is 1590 g/mol. The number of imide groups is 1. The van der Waals surface area contributed by atoms with Gasteiger partial charge < -0.3 is 104 Å². The maximum absolute atomic E-state index is 14.1. The molecule has 1 saturated heterocycles. The number of aryl methyl sites for hydroxylation is 1. The zero-order valence-electron chi connectivity index (χ0n) is 63.2. The fourth-order valence-electron chi connectivity index (χ4n) is 13.1. The predicted molar refractivity (Wildman–Crippen MR) is 401 cm³/mol. The molecule has 37 heteroatoms. The maximum Gasteiger partial charge on any atom is 0.510 e. The van der Waals surface area contributed by atoms with Gasteiger partial charge in [0.1, 0.15) is 50.0 Å². The number of carbonyl (C=O) groups is 9. The molecule has 10 N–H and O–H groups in total. The first kappa shape index (κ1) is 86.9. The zero-order chi connectivity index (χ0) is 79.8. The number of nitrogens with two attached hydrogens (primary N) is 2. The van der Waals surface area contributed by atoms with Crippen molar-refractivity contribution in [3.8, 4) is 17.1 Å². The van der Waals surface area contributed by atoms with Gasteiger partial charge in [0.15, 0.2) is 0 Å². The fraction of sp³-hybridized carbons (Fsp3) is 0.587. The van der Waals surface area contributed by atoms with Crippen molar-refractivity contribution in [2.24, 2.45) is 23.3 Å². The number of hydrogen-bond acceptors (Lipinski definition) is 29. The van der Waals surface area contributed by atoms with Crippen molar-refractivity contribution in [2.75, 3.05) is 150 Å². The van der Waals surface area contributed by atoms with Crippen LogP contribution in [0.4, 0.5) is 10.5 Å². The largest absolute Gasteiger partial charge is 0.510 e. The van der Waals surface area contributed by atoms with Gasteiger partial charge in [-0.05, 0) is 111 Å². The molecule has 36 nitrogen and oxygen atoms in total. The molecule has 1 saturated carbocycles. The van der Waals surface area contributed by atoms with E-state index in [4.69, 9.17) is 78.4 Å². The number of cyclic esters (lactones) is 1. The Morgan fingerprint density at radius 3 is 2.02 bits per heavy atom. The number of carboxylic acids is 1. The molecule has 4 atom stereocenters. The van der Waals surface area contributed by atoms with Gasteiger partial charge in [-0.15, -0.1) is 16.9 Å². The van der Waals surface area contributed by atoms with Crippen molar-refractivity contribution in [3.63, 3.8) is 0 Å². The van der Waals surface area contributed by atoms with Gasteiger partial charge in [-0.3, -0.25) is 43.3 Å². The summed E-state index contributed by atoms with van der Waals surface area (Å²) in [5.41, 5.74) is 14.0. The van der Waals surface area contributed by atoms with Crippen molar-refractivity contribution in [1.82, 2.24) is 45.4 Å². The van der Waals surface area contributed by atoms with E-state index in [1.807, 2.05) is 6.92 Å². The first-order valence-electron chi connectivity index (χ1n) is 37.7. The molecule has 6 heterocycles. The first-order valence-corrected chi connectivity index (χ1v) is 38.8. The van der Waals surface area contributed by atoms with Crippen LogP contribution in [0.2, 0.25) is 0 Å². The topological polar surface area (TPSA) is 474 Å². The van der Waals surface area contributed by atoms with Crippen LogP contribution in [0.3, 0.4) is 0 Å². The normalized spacial score (nSPS) is 17.7. The van der Waals surface area contributed by atoms with E-state index in [-0.39, 0.29) is 124 Å². The third kappa shape index (κ3) is 25.4. The summed E-state index contributed by atoms with van der Waals surface area (Å²) in [6.07, 6.45) is 4.41. The molecule has 5 aromatic rings. The molecule has 612 valence electrons. The lowest BCUT2D eigenvalue weighted by Crippen LogP contribution is -2.47. The monoisotopic (exact) mass is 1590 g/mol. The van der Waals surface area contributed by atoms with Crippen LogP contribution in [0, 0.1) is 11.8 Å². The summed E-state index contributed by atoms with van der Waals surface area (Å²) < 4.78 is 69.7. The number of anilines is 1. The van der Waals surface area contributed by atoms with Crippen molar-refractivity contribution in [2.45, 2.75) is 127 Å². The zero-order valence-corrected chi connectivity index (χ0v) is 64.0. The minimum absolute atomic E-state index is 0.0346. The van der Waals surface area contributed by atoms with Gasteiger partial charge >= 0.3 is 18.1 Å². The van der Waals surface area contributed by atoms with Crippen LogP contribution in [0.1, 0.15) is 98.7 Å². The number of benzene rings is 2. The molecule has 2 aromatic carbocycles. The number of esters is 1. The smallest absolute Gasteiger partial charge is 0.508 e. The van der Waals surface area contributed by atoms with Gasteiger partial charge in [-0.2, -0.15) is 0 Å². The predicted octanol–water partition coefficient (Wildman–Crippen LogP) is 2.12. The van der Waals surface area contributed by atoms with E-state index in [1.54, 1.807) is 64.8 Å². The number of pyridine rings is 2. The third-order valence-corrected chi connectivity index (χ3v) is 20.4. The van der Waals surface area contributed by atoms with E-state index in [2.05, 4.69) is 31.6 Å². The summed E-state index contributed by atoms with van der Waals surface area (Å²) in [7, 11) is 0. The summed E-state index contributed by atoms with van der Waals surface area (Å²) in [4.78, 5) is 135. The number of aromatic nitrogens is 5. The minimum atomic E-state index is -2.01. The lowest BCUT2D eigenvalue weighted by atomic mass is 9.81. The highest BCUT2D eigenvalue weighted by molar-refractivity contribution is 8.00. The van der Waals surface area contributed by atoms with E-state index < -0.39 is 77.5 Å². The molecule has 6 amide bonds. The molecule has 1 unspecified atom stereocenters. The number of nitrogens with one attached hydrogen (secondary N) is 4. The van der Waals surface area contributed by atoms with Crippen molar-refractivity contribution >= 4 is 81.9 Å². The maximum atomic E-state index is 14.1. The van der Waals surface area contributed by atoms with E-state index in [0.29, 0.717) is 178 Å². The van der Waals surface area contributed by atoms with Gasteiger partial charge in [0.2, 0.25) is 41.0 Å². The SMILES string of the molecule is CCc1c2c(nc3ccc(O)cc13)-c1cc3c(c(=O)n1C2)COC(=O)[C@@]3(CC)OC(=O)OCc1ccc(NC(=O)[C@H](CCCN)NC(=O)COCC(=O)NCCOCCOCCOCCOCCOCCOCCOCCOCCn2cc(CNC(=O)C3CCC(CN4C(=O)CC(SC[C@H](N)C(=O)O)C4=O)CC3)nn2)cc1. The Hall–Kier alpha value is -9.12. The number of phenolic OH excluding ortho intramolecular Hbond substituents is 1. The highest BCUT2D eigenvalue weighted by Gasteiger charge is 2.51. The number of likely N-dealkylation sites (tertiary alicyclic amines) is 1. The summed E-state index contributed by atoms with van der Waals surface area (Å²) in [5.74, 6) is -4.26. The van der Waals surface area contributed by atoms with Gasteiger partial charge in [-0.25, -0.2) is 19.3 Å². The van der Waals surface area contributed by atoms with Crippen molar-refractivity contribution in [1.29, 1.82) is 0 Å². The summed E-state index contributed by atoms with van der Waals surface area (Å²) in [6, 6.07) is 10.8. The number of carboxylic acid groups (broad SMARTS) is 1. The number of carbonyl (C=O) groups excluding carboxylic acids is 8. The Morgan fingerprint density at radius 2 is 1.39 bits per heavy atom. The number of amides is 6. The van der Waals surface area contributed by atoms with Crippen molar-refractivity contribution < 1.29 is 110 Å². The van der Waals surface area contributed by atoms with Crippen LogP contribution in [-0.4, -0.2) is 255 Å². The number of aromatic hydroxyl groups is 1. The van der Waals surface area contributed by atoms with Crippen LogP contribution in [0.25, 0.3) is 22.3 Å². The molecule has 2 fully saturated rings. The molecule has 3 aromatic heterocycles. The van der Waals surface area contributed by atoms with Gasteiger partial charge in [0.05, 0.1) is 159 Å².